The van der Waals surface area contributed by atoms with E-state index in [0.29, 0.717) is 22.9 Å². The molecule has 8 nitrogen and oxygen atoms in total. The molecule has 4 rings (SSSR count). The van der Waals surface area contributed by atoms with Crippen LogP contribution in [0, 0.1) is 18.3 Å². The smallest absolute Gasteiger partial charge is 0.416 e. The largest absolute Gasteiger partial charge is 0.496 e. The quantitative estimate of drug-likeness (QED) is 0.109. The molecule has 264 valence electrons. The van der Waals surface area contributed by atoms with E-state index in [9.17, 15) is 36.4 Å². The van der Waals surface area contributed by atoms with Gasteiger partial charge in [-0.1, -0.05) is 19.9 Å². The highest BCUT2D eigenvalue weighted by molar-refractivity contribution is 5.76. The van der Waals surface area contributed by atoms with Crippen molar-refractivity contribution in [2.75, 3.05) is 18.6 Å². The van der Waals surface area contributed by atoms with Crippen molar-refractivity contribution >= 4 is 11.9 Å². The van der Waals surface area contributed by atoms with E-state index in [4.69, 9.17) is 14.6 Å². The third-order valence-electron chi connectivity index (χ3n) is 7.82. The summed E-state index contributed by atoms with van der Waals surface area (Å²) in [5, 5.41) is 18.3. The van der Waals surface area contributed by atoms with Gasteiger partial charge < -0.3 is 19.5 Å². The second-order valence-electron chi connectivity index (χ2n) is 11.9. The number of hydrogen-bond donors (Lipinski definition) is 1. The van der Waals surface area contributed by atoms with Crippen LogP contribution < -0.4 is 14.4 Å². The van der Waals surface area contributed by atoms with Crippen LogP contribution in [0.25, 0.3) is 11.1 Å². The van der Waals surface area contributed by atoms with Gasteiger partial charge in [0.1, 0.15) is 5.75 Å². The Morgan fingerprint density at radius 1 is 0.940 bits per heavy atom. The summed E-state index contributed by atoms with van der Waals surface area (Å²) in [6.45, 7) is 5.28. The fraction of sp³-hybridized carbons (Fsp3) is 0.333. The number of methoxy groups -OCH3 is 1. The van der Waals surface area contributed by atoms with Crippen molar-refractivity contribution in [3.8, 4) is 28.7 Å². The molecule has 1 aromatic heterocycles. The van der Waals surface area contributed by atoms with Gasteiger partial charge in [0.05, 0.1) is 48.9 Å². The summed E-state index contributed by atoms with van der Waals surface area (Å²) in [5.41, 5.74) is 0.701. The standard InChI is InChI=1S/C36H34F6N4O4/c1-21(2)30-15-31(32(49-4)10-22(30)3)29-8-7-26(35(37,38)39)14-25(29)20-46(19-24-11-23(16-43)12-27(13-24)36(40,41)42)34-44-17-28(18-45-34)50-9-5-6-33(47)48/h7-8,10-15,17-18,21H,5-6,9,19-20H2,1-4H3,(H,47,48). The predicted octanol–water partition coefficient (Wildman–Crippen LogP) is 8.94. The van der Waals surface area contributed by atoms with Crippen molar-refractivity contribution in [3.63, 3.8) is 0 Å². The van der Waals surface area contributed by atoms with Crippen LogP contribution in [0.4, 0.5) is 32.3 Å². The number of nitrogens with zero attached hydrogens (tertiary/aromatic N) is 4. The molecule has 0 atom stereocenters. The van der Waals surface area contributed by atoms with Gasteiger partial charge in [0.2, 0.25) is 5.95 Å². The summed E-state index contributed by atoms with van der Waals surface area (Å²) in [6.07, 6.45) is -6.86. The molecular formula is C36H34F6N4O4. The van der Waals surface area contributed by atoms with Gasteiger partial charge in [0.25, 0.3) is 0 Å². The minimum atomic E-state index is -4.77. The number of aliphatic carboxylic acids is 1. The predicted molar refractivity (Wildman–Crippen MR) is 173 cm³/mol. The van der Waals surface area contributed by atoms with Crippen LogP contribution in [0.15, 0.2) is 60.9 Å². The molecule has 0 bridgehead atoms. The van der Waals surface area contributed by atoms with Crippen LogP contribution in [-0.2, 0) is 30.2 Å². The monoisotopic (exact) mass is 700 g/mol. The number of aromatic nitrogens is 2. The third-order valence-corrected chi connectivity index (χ3v) is 7.82. The molecule has 0 aliphatic heterocycles. The first-order valence-corrected chi connectivity index (χ1v) is 15.4. The van der Waals surface area contributed by atoms with Crippen LogP contribution in [0.3, 0.4) is 0 Å². The summed E-state index contributed by atoms with van der Waals surface area (Å²) in [7, 11) is 1.45. The van der Waals surface area contributed by atoms with Crippen LogP contribution in [0.2, 0.25) is 0 Å². The van der Waals surface area contributed by atoms with Crippen molar-refractivity contribution < 1.29 is 45.7 Å². The highest BCUT2D eigenvalue weighted by Crippen LogP contribution is 2.40. The number of anilines is 1. The molecule has 0 aliphatic carbocycles. The first kappa shape index (κ1) is 37.5. The lowest BCUT2D eigenvalue weighted by atomic mass is 9.90. The number of nitriles is 1. The minimum Gasteiger partial charge on any atom is -0.496 e. The fourth-order valence-electron chi connectivity index (χ4n) is 5.46. The summed E-state index contributed by atoms with van der Waals surface area (Å²) < 4.78 is 94.7. The molecule has 0 spiro atoms. The highest BCUT2D eigenvalue weighted by atomic mass is 19.4. The zero-order chi connectivity index (χ0) is 36.8. The van der Waals surface area contributed by atoms with Crippen molar-refractivity contribution in [3.05, 3.63) is 99.9 Å². The number of benzene rings is 3. The first-order chi connectivity index (χ1) is 23.5. The van der Waals surface area contributed by atoms with E-state index in [1.807, 2.05) is 26.8 Å². The van der Waals surface area contributed by atoms with E-state index in [-0.39, 0.29) is 66.8 Å². The Morgan fingerprint density at radius 2 is 1.62 bits per heavy atom. The molecule has 50 heavy (non-hydrogen) atoms. The van der Waals surface area contributed by atoms with Crippen molar-refractivity contribution in [2.45, 2.75) is 65.0 Å². The molecule has 1 N–H and O–H groups in total. The molecule has 0 unspecified atom stereocenters. The van der Waals surface area contributed by atoms with Crippen molar-refractivity contribution in [2.24, 2.45) is 0 Å². The lowest BCUT2D eigenvalue weighted by Crippen LogP contribution is -2.25. The van der Waals surface area contributed by atoms with Crippen LogP contribution in [-0.4, -0.2) is 34.8 Å². The van der Waals surface area contributed by atoms with Gasteiger partial charge >= 0.3 is 18.3 Å². The van der Waals surface area contributed by atoms with Gasteiger partial charge in [-0.05, 0) is 89.5 Å². The highest BCUT2D eigenvalue weighted by Gasteiger charge is 2.33. The van der Waals surface area contributed by atoms with Crippen molar-refractivity contribution in [1.82, 2.24) is 9.97 Å². The molecule has 4 aromatic rings. The maximum Gasteiger partial charge on any atom is 0.416 e. The number of rotatable bonds is 13. The van der Waals surface area contributed by atoms with E-state index in [1.54, 1.807) is 12.1 Å². The number of carbonyl (C=O) groups is 1. The van der Waals surface area contributed by atoms with Crippen LogP contribution >= 0.6 is 0 Å². The first-order valence-electron chi connectivity index (χ1n) is 15.4. The third kappa shape index (κ3) is 9.43. The Kier molecular flexibility index (Phi) is 11.6. The molecule has 0 amide bonds. The number of carboxylic acids is 1. The Bertz CT molecular complexity index is 1870. The number of alkyl halides is 6. The molecule has 0 radical (unpaired) electrons. The molecular weight excluding hydrogens is 666 g/mol. The van der Waals surface area contributed by atoms with E-state index < -0.39 is 29.4 Å². The maximum atomic E-state index is 14.1. The number of ether oxygens (including phenoxy) is 2. The van der Waals surface area contributed by atoms with Gasteiger partial charge in [-0.25, -0.2) is 9.97 Å². The van der Waals surface area contributed by atoms with E-state index in [1.165, 1.54) is 36.5 Å². The molecule has 3 aromatic carbocycles. The molecule has 0 aliphatic rings. The molecule has 14 heteroatoms. The molecule has 0 saturated carbocycles. The summed E-state index contributed by atoms with van der Waals surface area (Å²) in [4.78, 5) is 20.8. The van der Waals surface area contributed by atoms with Gasteiger partial charge in [0.15, 0.2) is 5.75 Å². The number of halogens is 6. The number of carboxylic acid groups (broad SMARTS) is 1. The van der Waals surface area contributed by atoms with Crippen LogP contribution in [0.1, 0.15) is 71.6 Å². The summed E-state index contributed by atoms with van der Waals surface area (Å²) >= 11 is 0. The Labute approximate surface area is 284 Å². The fourth-order valence-corrected chi connectivity index (χ4v) is 5.46. The van der Waals surface area contributed by atoms with Crippen molar-refractivity contribution in [1.29, 1.82) is 5.26 Å². The lowest BCUT2D eigenvalue weighted by Gasteiger charge is -2.26. The lowest BCUT2D eigenvalue weighted by molar-refractivity contribution is -0.138. The second kappa shape index (κ2) is 15.5. The average Bonchev–Trinajstić information content (AvgIpc) is 3.05. The number of aryl methyl sites for hydroxylation is 1. The van der Waals surface area contributed by atoms with E-state index >= 15 is 0 Å². The Morgan fingerprint density at radius 3 is 2.20 bits per heavy atom. The minimum absolute atomic E-state index is 0.0394. The van der Waals surface area contributed by atoms with Gasteiger partial charge in [-0.2, -0.15) is 31.6 Å². The Balaban J connectivity index is 1.86. The van der Waals surface area contributed by atoms with E-state index in [0.717, 1.165) is 29.3 Å². The molecule has 0 fully saturated rings. The van der Waals surface area contributed by atoms with E-state index in [2.05, 4.69) is 9.97 Å². The SMILES string of the molecule is COc1cc(C)c(C(C)C)cc1-c1ccc(C(F)(F)F)cc1CN(Cc1cc(C#N)cc(C(F)(F)F)c1)c1ncc(OCCCC(=O)O)cn1. The normalized spacial score (nSPS) is 11.7. The summed E-state index contributed by atoms with van der Waals surface area (Å²) in [6, 6.07) is 11.5. The zero-order valence-electron chi connectivity index (χ0n) is 27.6. The molecule has 1 heterocycles. The van der Waals surface area contributed by atoms with Gasteiger partial charge in [-0.3, -0.25) is 4.79 Å². The van der Waals surface area contributed by atoms with Crippen LogP contribution in [0.5, 0.6) is 11.5 Å². The van der Waals surface area contributed by atoms with Gasteiger partial charge in [-0.15, -0.1) is 0 Å². The maximum absolute atomic E-state index is 14.1. The average molecular weight is 701 g/mol. The number of hydrogen-bond acceptors (Lipinski definition) is 7. The second-order valence-corrected chi connectivity index (χ2v) is 11.9. The topological polar surface area (TPSA) is 109 Å². The summed E-state index contributed by atoms with van der Waals surface area (Å²) in [5.74, 6) is -0.391. The Hall–Kier alpha value is -5.32. The van der Waals surface area contributed by atoms with Gasteiger partial charge in [0, 0.05) is 25.1 Å². The molecule has 0 saturated heterocycles. The zero-order valence-corrected chi connectivity index (χ0v) is 27.6.